The van der Waals surface area contributed by atoms with E-state index >= 15 is 0 Å². The molecular weight excluding hydrogens is 276 g/mol. The largest absolute Gasteiger partial charge is 0.328 e. The van der Waals surface area contributed by atoms with E-state index in [4.69, 9.17) is 5.73 Å². The lowest BCUT2D eigenvalue weighted by Crippen LogP contribution is -2.40. The van der Waals surface area contributed by atoms with Gasteiger partial charge in [0.05, 0.1) is 0 Å². The maximum absolute atomic E-state index is 6.02. The zero-order valence-electron chi connectivity index (χ0n) is 10.3. The summed E-state index contributed by atoms with van der Waals surface area (Å²) in [5.41, 5.74) is 7.35. The predicted molar refractivity (Wildman–Crippen MR) is 75.9 cm³/mol. The van der Waals surface area contributed by atoms with Crippen molar-refractivity contribution < 1.29 is 0 Å². The van der Waals surface area contributed by atoms with Crippen LogP contribution in [0, 0.1) is 0 Å². The number of nitrogens with two attached hydrogens (primary N) is 1. The summed E-state index contributed by atoms with van der Waals surface area (Å²) in [4.78, 5) is 0. The molecule has 0 amide bonds. The van der Waals surface area contributed by atoms with Crippen molar-refractivity contribution in [3.8, 4) is 0 Å². The SMILES string of the molecule is C[C@@H](NC1CCCC(N)C1)c1ccccc1Br. The fraction of sp³-hybridized carbons (Fsp3) is 0.571. The summed E-state index contributed by atoms with van der Waals surface area (Å²) in [6, 6.07) is 9.74. The van der Waals surface area contributed by atoms with Gasteiger partial charge in [0.1, 0.15) is 0 Å². The molecule has 0 saturated heterocycles. The molecule has 1 aromatic rings. The predicted octanol–water partition coefficient (Wildman–Crippen LogP) is 3.37. The maximum Gasteiger partial charge on any atom is 0.0305 e. The van der Waals surface area contributed by atoms with Crippen LogP contribution in [0.4, 0.5) is 0 Å². The molecule has 0 aliphatic heterocycles. The Kier molecular flexibility index (Phi) is 4.60. The zero-order chi connectivity index (χ0) is 12.3. The summed E-state index contributed by atoms with van der Waals surface area (Å²) in [5, 5.41) is 3.70. The van der Waals surface area contributed by atoms with Crippen molar-refractivity contribution in [3.63, 3.8) is 0 Å². The van der Waals surface area contributed by atoms with Crippen LogP contribution in [0.15, 0.2) is 28.7 Å². The van der Waals surface area contributed by atoms with Crippen molar-refractivity contribution in [2.75, 3.05) is 0 Å². The molecule has 1 aliphatic carbocycles. The van der Waals surface area contributed by atoms with Crippen LogP contribution < -0.4 is 11.1 Å². The molecule has 3 N–H and O–H groups in total. The molecule has 2 unspecified atom stereocenters. The molecule has 3 atom stereocenters. The van der Waals surface area contributed by atoms with Crippen LogP contribution in [0.25, 0.3) is 0 Å². The van der Waals surface area contributed by atoms with Gasteiger partial charge in [0.15, 0.2) is 0 Å². The fourth-order valence-corrected chi connectivity index (χ4v) is 3.28. The highest BCUT2D eigenvalue weighted by Crippen LogP contribution is 2.25. The number of hydrogen-bond acceptors (Lipinski definition) is 2. The molecule has 1 saturated carbocycles. The molecule has 1 fully saturated rings. The highest BCUT2D eigenvalue weighted by molar-refractivity contribution is 9.10. The van der Waals surface area contributed by atoms with Gasteiger partial charge in [-0.25, -0.2) is 0 Å². The third-order valence-corrected chi connectivity index (χ3v) is 4.29. The first kappa shape index (κ1) is 13.1. The van der Waals surface area contributed by atoms with E-state index in [9.17, 15) is 0 Å². The first-order chi connectivity index (χ1) is 8.16. The van der Waals surface area contributed by atoms with E-state index in [1.807, 2.05) is 0 Å². The third kappa shape index (κ3) is 3.54. The average molecular weight is 297 g/mol. The quantitative estimate of drug-likeness (QED) is 0.897. The van der Waals surface area contributed by atoms with Crippen LogP contribution in [0.2, 0.25) is 0 Å². The minimum Gasteiger partial charge on any atom is -0.328 e. The molecule has 17 heavy (non-hydrogen) atoms. The number of nitrogens with one attached hydrogen (secondary N) is 1. The minimum absolute atomic E-state index is 0.376. The summed E-state index contributed by atoms with van der Waals surface area (Å²) in [5.74, 6) is 0. The fourth-order valence-electron chi connectivity index (χ4n) is 2.65. The summed E-state index contributed by atoms with van der Waals surface area (Å²) < 4.78 is 1.18. The summed E-state index contributed by atoms with van der Waals surface area (Å²) in [7, 11) is 0. The van der Waals surface area contributed by atoms with Gasteiger partial charge in [0.25, 0.3) is 0 Å². The second-order valence-corrected chi connectivity index (χ2v) is 5.89. The second-order valence-electron chi connectivity index (χ2n) is 5.03. The highest BCUT2D eigenvalue weighted by Gasteiger charge is 2.21. The van der Waals surface area contributed by atoms with E-state index in [1.54, 1.807) is 0 Å². The summed E-state index contributed by atoms with van der Waals surface area (Å²) in [6.07, 6.45) is 4.79. The van der Waals surface area contributed by atoms with Crippen LogP contribution in [-0.4, -0.2) is 12.1 Å². The average Bonchev–Trinajstić information content (AvgIpc) is 2.29. The molecule has 2 nitrogen and oxygen atoms in total. The van der Waals surface area contributed by atoms with Gasteiger partial charge in [0.2, 0.25) is 0 Å². The molecule has 0 aromatic heterocycles. The first-order valence-corrected chi connectivity index (χ1v) is 7.22. The summed E-state index contributed by atoms with van der Waals surface area (Å²) in [6.45, 7) is 2.22. The number of benzene rings is 1. The van der Waals surface area contributed by atoms with Crippen molar-refractivity contribution in [1.29, 1.82) is 0 Å². The molecule has 0 spiro atoms. The van der Waals surface area contributed by atoms with Gasteiger partial charge >= 0.3 is 0 Å². The Morgan fingerprint density at radius 2 is 2.12 bits per heavy atom. The lowest BCUT2D eigenvalue weighted by Gasteiger charge is -2.30. The monoisotopic (exact) mass is 296 g/mol. The van der Waals surface area contributed by atoms with Crippen LogP contribution in [0.5, 0.6) is 0 Å². The van der Waals surface area contributed by atoms with E-state index in [2.05, 4.69) is 52.4 Å². The molecule has 0 radical (unpaired) electrons. The Balaban J connectivity index is 1.97. The standard InChI is InChI=1S/C14H21BrN2/c1-10(13-7-2-3-8-14(13)15)17-12-6-4-5-11(16)9-12/h2-3,7-8,10-12,17H,4-6,9,16H2,1H3/t10-,11?,12?/m1/s1. The topological polar surface area (TPSA) is 38.0 Å². The van der Waals surface area contributed by atoms with Crippen molar-refractivity contribution in [2.45, 2.75) is 50.7 Å². The number of halogens is 1. The van der Waals surface area contributed by atoms with E-state index in [1.165, 1.54) is 29.3 Å². The highest BCUT2D eigenvalue weighted by atomic mass is 79.9. The van der Waals surface area contributed by atoms with Gasteiger partial charge in [-0.2, -0.15) is 0 Å². The Labute approximate surface area is 112 Å². The molecule has 3 heteroatoms. The normalized spacial score (nSPS) is 26.8. The van der Waals surface area contributed by atoms with Crippen LogP contribution in [0.1, 0.15) is 44.2 Å². The van der Waals surface area contributed by atoms with Crippen molar-refractivity contribution in [1.82, 2.24) is 5.32 Å². The Bertz CT molecular complexity index is 367. The lowest BCUT2D eigenvalue weighted by molar-refractivity contribution is 0.318. The van der Waals surface area contributed by atoms with E-state index in [0.29, 0.717) is 18.1 Å². The molecule has 0 heterocycles. The number of hydrogen-bond donors (Lipinski definition) is 2. The smallest absolute Gasteiger partial charge is 0.0305 e. The van der Waals surface area contributed by atoms with Gasteiger partial charge in [-0.15, -0.1) is 0 Å². The van der Waals surface area contributed by atoms with E-state index in [-0.39, 0.29) is 0 Å². The molecular formula is C14H21BrN2. The molecule has 1 aliphatic rings. The van der Waals surface area contributed by atoms with Crippen LogP contribution in [0.3, 0.4) is 0 Å². The van der Waals surface area contributed by atoms with E-state index in [0.717, 1.165) is 6.42 Å². The third-order valence-electron chi connectivity index (χ3n) is 3.57. The summed E-state index contributed by atoms with van der Waals surface area (Å²) >= 11 is 3.61. The molecule has 2 rings (SSSR count). The van der Waals surface area contributed by atoms with Crippen LogP contribution >= 0.6 is 15.9 Å². The molecule has 1 aromatic carbocycles. The molecule has 94 valence electrons. The van der Waals surface area contributed by atoms with Crippen molar-refractivity contribution in [3.05, 3.63) is 34.3 Å². The lowest BCUT2D eigenvalue weighted by atomic mass is 9.91. The van der Waals surface area contributed by atoms with Gasteiger partial charge in [-0.1, -0.05) is 40.5 Å². The zero-order valence-corrected chi connectivity index (χ0v) is 11.9. The number of rotatable bonds is 3. The first-order valence-electron chi connectivity index (χ1n) is 6.43. The second kappa shape index (κ2) is 5.98. The minimum atomic E-state index is 0.376. The van der Waals surface area contributed by atoms with Gasteiger partial charge in [-0.05, 0) is 37.8 Å². The van der Waals surface area contributed by atoms with Gasteiger partial charge in [-0.3, -0.25) is 0 Å². The Morgan fingerprint density at radius 1 is 1.35 bits per heavy atom. The van der Waals surface area contributed by atoms with Crippen molar-refractivity contribution in [2.24, 2.45) is 5.73 Å². The molecule has 0 bridgehead atoms. The van der Waals surface area contributed by atoms with Gasteiger partial charge < -0.3 is 11.1 Å². The Hall–Kier alpha value is -0.380. The Morgan fingerprint density at radius 3 is 2.82 bits per heavy atom. The van der Waals surface area contributed by atoms with Crippen LogP contribution in [-0.2, 0) is 0 Å². The van der Waals surface area contributed by atoms with Crippen molar-refractivity contribution >= 4 is 15.9 Å². The maximum atomic E-state index is 6.02. The van der Waals surface area contributed by atoms with Gasteiger partial charge in [0, 0.05) is 22.6 Å². The van der Waals surface area contributed by atoms with E-state index < -0.39 is 0 Å².